The fraction of sp³-hybridized carbons (Fsp3) is 0.375. The van der Waals surface area contributed by atoms with E-state index in [0.29, 0.717) is 5.69 Å². The van der Waals surface area contributed by atoms with Crippen LogP contribution in [-0.2, 0) is 0 Å². The SMILES string of the molecule is CNC(C)c1ncccc1F. The highest BCUT2D eigenvalue weighted by Gasteiger charge is 2.08. The summed E-state index contributed by atoms with van der Waals surface area (Å²) >= 11 is 0. The Bertz CT molecular complexity index is 237. The van der Waals surface area contributed by atoms with Gasteiger partial charge in [0.05, 0.1) is 5.69 Å². The number of aromatic nitrogens is 1. The summed E-state index contributed by atoms with van der Waals surface area (Å²) in [5.74, 6) is -0.255. The first kappa shape index (κ1) is 8.14. The van der Waals surface area contributed by atoms with E-state index in [2.05, 4.69) is 10.3 Å². The molecule has 0 spiro atoms. The van der Waals surface area contributed by atoms with Crippen LogP contribution in [0.2, 0.25) is 0 Å². The zero-order valence-electron chi connectivity index (χ0n) is 6.63. The van der Waals surface area contributed by atoms with Crippen molar-refractivity contribution in [2.24, 2.45) is 0 Å². The second kappa shape index (κ2) is 3.44. The highest BCUT2D eigenvalue weighted by molar-refractivity contribution is 5.10. The standard InChI is InChI=1S/C8H11FN2/c1-6(10-2)8-7(9)4-3-5-11-8/h3-6,10H,1-2H3. The predicted octanol–water partition coefficient (Wildman–Crippen LogP) is 1.50. The number of hydrogen-bond acceptors (Lipinski definition) is 2. The molecule has 11 heavy (non-hydrogen) atoms. The van der Waals surface area contributed by atoms with Gasteiger partial charge in [-0.1, -0.05) is 0 Å². The molecule has 0 aliphatic rings. The van der Waals surface area contributed by atoms with Crippen LogP contribution in [0.25, 0.3) is 0 Å². The number of rotatable bonds is 2. The summed E-state index contributed by atoms with van der Waals surface area (Å²) < 4.78 is 12.9. The smallest absolute Gasteiger partial charge is 0.146 e. The molecule has 0 aliphatic carbocycles. The van der Waals surface area contributed by atoms with Crippen LogP contribution in [0.15, 0.2) is 18.3 Å². The molecule has 1 N–H and O–H groups in total. The maximum atomic E-state index is 12.9. The Labute approximate surface area is 65.5 Å². The number of hydrogen-bond donors (Lipinski definition) is 1. The summed E-state index contributed by atoms with van der Waals surface area (Å²) in [5.41, 5.74) is 0.468. The van der Waals surface area contributed by atoms with Crippen molar-refractivity contribution in [2.45, 2.75) is 13.0 Å². The third-order valence-electron chi connectivity index (χ3n) is 1.63. The van der Waals surface area contributed by atoms with Crippen molar-refractivity contribution in [3.8, 4) is 0 Å². The monoisotopic (exact) mass is 154 g/mol. The number of nitrogens with zero attached hydrogens (tertiary/aromatic N) is 1. The summed E-state index contributed by atoms with van der Waals surface area (Å²) in [6, 6.07) is 2.97. The molecule has 1 aromatic rings. The molecule has 2 nitrogen and oxygen atoms in total. The Morgan fingerprint density at radius 3 is 2.91 bits per heavy atom. The number of nitrogens with one attached hydrogen (secondary N) is 1. The van der Waals surface area contributed by atoms with Crippen LogP contribution in [0, 0.1) is 5.82 Å². The van der Waals surface area contributed by atoms with Gasteiger partial charge in [-0.3, -0.25) is 4.98 Å². The molecule has 1 aromatic heterocycles. The van der Waals surface area contributed by atoms with Crippen LogP contribution < -0.4 is 5.32 Å². The first-order valence-electron chi connectivity index (χ1n) is 3.53. The van der Waals surface area contributed by atoms with E-state index in [9.17, 15) is 4.39 Å². The Morgan fingerprint density at radius 2 is 2.36 bits per heavy atom. The van der Waals surface area contributed by atoms with E-state index in [4.69, 9.17) is 0 Å². The highest BCUT2D eigenvalue weighted by Crippen LogP contribution is 2.11. The molecule has 1 atom stereocenters. The molecule has 0 fully saturated rings. The van der Waals surface area contributed by atoms with Gasteiger partial charge < -0.3 is 5.32 Å². The van der Waals surface area contributed by atoms with Crippen LogP contribution in [0.5, 0.6) is 0 Å². The molecule has 0 amide bonds. The van der Waals surface area contributed by atoms with Gasteiger partial charge in [-0.2, -0.15) is 0 Å². The number of pyridine rings is 1. The van der Waals surface area contributed by atoms with Crippen LogP contribution >= 0.6 is 0 Å². The van der Waals surface area contributed by atoms with Crippen molar-refractivity contribution in [2.75, 3.05) is 7.05 Å². The van der Waals surface area contributed by atoms with Crippen molar-refractivity contribution < 1.29 is 4.39 Å². The average molecular weight is 154 g/mol. The Balaban J connectivity index is 2.93. The minimum absolute atomic E-state index is 0.0313. The second-order valence-electron chi connectivity index (χ2n) is 2.38. The molecule has 0 aliphatic heterocycles. The van der Waals surface area contributed by atoms with E-state index in [1.807, 2.05) is 6.92 Å². The lowest BCUT2D eigenvalue weighted by molar-refractivity contribution is 0.544. The van der Waals surface area contributed by atoms with Crippen molar-refractivity contribution >= 4 is 0 Å². The first-order valence-corrected chi connectivity index (χ1v) is 3.53. The fourth-order valence-corrected chi connectivity index (χ4v) is 0.853. The Morgan fingerprint density at radius 1 is 1.64 bits per heavy atom. The van der Waals surface area contributed by atoms with Gasteiger partial charge in [-0.15, -0.1) is 0 Å². The molecular formula is C8H11FN2. The maximum absolute atomic E-state index is 12.9. The van der Waals surface area contributed by atoms with Gasteiger partial charge in [0.25, 0.3) is 0 Å². The van der Waals surface area contributed by atoms with Gasteiger partial charge in [-0.05, 0) is 26.1 Å². The fourth-order valence-electron chi connectivity index (χ4n) is 0.853. The largest absolute Gasteiger partial charge is 0.312 e. The molecule has 0 saturated carbocycles. The molecule has 0 bridgehead atoms. The molecule has 60 valence electrons. The van der Waals surface area contributed by atoms with E-state index >= 15 is 0 Å². The van der Waals surface area contributed by atoms with E-state index in [0.717, 1.165) is 0 Å². The quantitative estimate of drug-likeness (QED) is 0.698. The summed E-state index contributed by atoms with van der Waals surface area (Å²) in [6.07, 6.45) is 1.59. The summed E-state index contributed by atoms with van der Waals surface area (Å²) in [4.78, 5) is 3.91. The van der Waals surface area contributed by atoms with Crippen molar-refractivity contribution in [3.05, 3.63) is 29.8 Å². The van der Waals surface area contributed by atoms with Crippen LogP contribution in [0.1, 0.15) is 18.7 Å². The van der Waals surface area contributed by atoms with Crippen LogP contribution in [0.4, 0.5) is 4.39 Å². The average Bonchev–Trinajstić information content (AvgIpc) is 2.04. The normalized spacial score (nSPS) is 13.0. The third kappa shape index (κ3) is 1.74. The summed E-state index contributed by atoms with van der Waals surface area (Å²) in [6.45, 7) is 1.87. The topological polar surface area (TPSA) is 24.9 Å². The zero-order valence-corrected chi connectivity index (χ0v) is 6.63. The minimum atomic E-state index is -0.255. The van der Waals surface area contributed by atoms with Gasteiger partial charge in [0.2, 0.25) is 0 Å². The van der Waals surface area contributed by atoms with Crippen molar-refractivity contribution in [1.82, 2.24) is 10.3 Å². The first-order chi connectivity index (χ1) is 5.25. The van der Waals surface area contributed by atoms with Gasteiger partial charge in [0.1, 0.15) is 5.82 Å². The zero-order chi connectivity index (χ0) is 8.27. The Hall–Kier alpha value is -0.960. The second-order valence-corrected chi connectivity index (χ2v) is 2.38. The van der Waals surface area contributed by atoms with E-state index in [-0.39, 0.29) is 11.9 Å². The lowest BCUT2D eigenvalue weighted by atomic mass is 10.2. The molecule has 1 heterocycles. The van der Waals surface area contributed by atoms with Gasteiger partial charge in [-0.25, -0.2) is 4.39 Å². The predicted molar refractivity (Wildman–Crippen MR) is 41.7 cm³/mol. The van der Waals surface area contributed by atoms with Gasteiger partial charge >= 0.3 is 0 Å². The highest BCUT2D eigenvalue weighted by atomic mass is 19.1. The molecule has 1 rings (SSSR count). The van der Waals surface area contributed by atoms with Crippen LogP contribution in [-0.4, -0.2) is 12.0 Å². The molecule has 0 saturated heterocycles. The summed E-state index contributed by atoms with van der Waals surface area (Å²) in [7, 11) is 1.78. The van der Waals surface area contributed by atoms with Crippen LogP contribution in [0.3, 0.4) is 0 Å². The minimum Gasteiger partial charge on any atom is -0.312 e. The van der Waals surface area contributed by atoms with E-state index in [1.54, 1.807) is 19.3 Å². The lowest BCUT2D eigenvalue weighted by Crippen LogP contribution is -2.15. The van der Waals surface area contributed by atoms with Crippen molar-refractivity contribution in [3.63, 3.8) is 0 Å². The third-order valence-corrected chi connectivity index (χ3v) is 1.63. The molecular weight excluding hydrogens is 143 g/mol. The van der Waals surface area contributed by atoms with Crippen molar-refractivity contribution in [1.29, 1.82) is 0 Å². The van der Waals surface area contributed by atoms with E-state index in [1.165, 1.54) is 6.07 Å². The number of halogens is 1. The molecule has 1 unspecified atom stereocenters. The lowest BCUT2D eigenvalue weighted by Gasteiger charge is -2.08. The van der Waals surface area contributed by atoms with Gasteiger partial charge in [0, 0.05) is 12.2 Å². The summed E-state index contributed by atoms with van der Waals surface area (Å²) in [5, 5.41) is 2.92. The van der Waals surface area contributed by atoms with Gasteiger partial charge in [0.15, 0.2) is 0 Å². The molecule has 0 radical (unpaired) electrons. The maximum Gasteiger partial charge on any atom is 0.146 e. The molecule has 3 heteroatoms. The Kier molecular flexibility index (Phi) is 2.54. The van der Waals surface area contributed by atoms with E-state index < -0.39 is 0 Å². The molecule has 0 aromatic carbocycles.